The second-order valence-corrected chi connectivity index (χ2v) is 7.39. The molecule has 2 unspecified atom stereocenters. The van der Waals surface area contributed by atoms with Gasteiger partial charge in [0.1, 0.15) is 5.82 Å². The SMILES string of the molecule is CC1CN(C(CNC(=O)c2ccc(C(N)=O)cc2)c2c(F)cccc2Cl)CCO1. The minimum Gasteiger partial charge on any atom is -0.376 e. The smallest absolute Gasteiger partial charge is 0.251 e. The highest BCUT2D eigenvalue weighted by molar-refractivity contribution is 6.31. The lowest BCUT2D eigenvalue weighted by Crippen LogP contribution is -2.47. The van der Waals surface area contributed by atoms with E-state index in [1.54, 1.807) is 12.1 Å². The van der Waals surface area contributed by atoms with E-state index in [4.69, 9.17) is 22.1 Å². The predicted octanol–water partition coefficient (Wildman–Crippen LogP) is 2.77. The number of hydrogen-bond donors (Lipinski definition) is 2. The van der Waals surface area contributed by atoms with E-state index in [1.807, 2.05) is 6.92 Å². The van der Waals surface area contributed by atoms with Gasteiger partial charge in [-0.15, -0.1) is 0 Å². The molecule has 0 bridgehead atoms. The monoisotopic (exact) mass is 419 g/mol. The van der Waals surface area contributed by atoms with Gasteiger partial charge in [0.05, 0.1) is 18.8 Å². The van der Waals surface area contributed by atoms with Crippen LogP contribution in [0.1, 0.15) is 39.2 Å². The van der Waals surface area contributed by atoms with Gasteiger partial charge in [-0.25, -0.2) is 4.39 Å². The van der Waals surface area contributed by atoms with E-state index in [1.165, 1.54) is 30.3 Å². The molecule has 2 aromatic rings. The maximum Gasteiger partial charge on any atom is 0.251 e. The fraction of sp³-hybridized carbons (Fsp3) is 0.333. The summed E-state index contributed by atoms with van der Waals surface area (Å²) in [4.78, 5) is 25.8. The van der Waals surface area contributed by atoms with Crippen LogP contribution in [0.4, 0.5) is 4.39 Å². The molecule has 3 rings (SSSR count). The molecule has 0 radical (unpaired) electrons. The van der Waals surface area contributed by atoms with Gasteiger partial charge < -0.3 is 15.8 Å². The molecule has 154 valence electrons. The Bertz CT molecular complexity index is 871. The number of ether oxygens (including phenoxy) is 1. The summed E-state index contributed by atoms with van der Waals surface area (Å²) in [6.45, 7) is 3.84. The van der Waals surface area contributed by atoms with Crippen LogP contribution in [-0.4, -0.2) is 49.1 Å². The van der Waals surface area contributed by atoms with Gasteiger partial charge >= 0.3 is 0 Å². The van der Waals surface area contributed by atoms with Crippen molar-refractivity contribution in [1.29, 1.82) is 0 Å². The summed E-state index contributed by atoms with van der Waals surface area (Å²) in [5.74, 6) is -1.31. The van der Waals surface area contributed by atoms with Crippen LogP contribution in [0, 0.1) is 5.82 Å². The number of benzene rings is 2. The van der Waals surface area contributed by atoms with Crippen LogP contribution in [0.15, 0.2) is 42.5 Å². The fourth-order valence-corrected chi connectivity index (χ4v) is 3.74. The number of morpholine rings is 1. The number of primary amides is 1. The number of carbonyl (C=O) groups is 2. The average Bonchev–Trinajstić information content (AvgIpc) is 2.70. The Morgan fingerprint density at radius 2 is 1.97 bits per heavy atom. The Balaban J connectivity index is 1.79. The first-order valence-electron chi connectivity index (χ1n) is 9.34. The fourth-order valence-electron chi connectivity index (χ4n) is 3.45. The summed E-state index contributed by atoms with van der Waals surface area (Å²) in [6, 6.07) is 10.2. The number of nitrogens with one attached hydrogen (secondary N) is 1. The molecule has 2 amide bonds. The van der Waals surface area contributed by atoms with Crippen LogP contribution in [0.5, 0.6) is 0 Å². The molecule has 1 heterocycles. The lowest BCUT2D eigenvalue weighted by atomic mass is 10.0. The van der Waals surface area contributed by atoms with Gasteiger partial charge in [0.15, 0.2) is 0 Å². The molecule has 3 N–H and O–H groups in total. The van der Waals surface area contributed by atoms with Gasteiger partial charge in [-0.1, -0.05) is 17.7 Å². The average molecular weight is 420 g/mol. The largest absolute Gasteiger partial charge is 0.376 e. The van der Waals surface area contributed by atoms with E-state index in [-0.39, 0.29) is 18.6 Å². The summed E-state index contributed by atoms with van der Waals surface area (Å²) in [5, 5.41) is 3.16. The second-order valence-electron chi connectivity index (χ2n) is 6.98. The van der Waals surface area contributed by atoms with Gasteiger partial charge in [-0.2, -0.15) is 0 Å². The number of halogens is 2. The minimum absolute atomic E-state index is 0.00570. The van der Waals surface area contributed by atoms with Crippen LogP contribution in [0.3, 0.4) is 0 Å². The van der Waals surface area contributed by atoms with Crippen LogP contribution < -0.4 is 11.1 Å². The van der Waals surface area contributed by atoms with E-state index in [0.29, 0.717) is 41.4 Å². The molecule has 1 aliphatic rings. The lowest BCUT2D eigenvalue weighted by Gasteiger charge is -2.38. The Morgan fingerprint density at radius 3 is 2.59 bits per heavy atom. The van der Waals surface area contributed by atoms with Crippen molar-refractivity contribution in [2.75, 3.05) is 26.2 Å². The molecule has 8 heteroatoms. The van der Waals surface area contributed by atoms with Crippen LogP contribution in [0.25, 0.3) is 0 Å². The van der Waals surface area contributed by atoms with Gasteiger partial charge in [0.2, 0.25) is 5.91 Å². The zero-order valence-electron chi connectivity index (χ0n) is 16.0. The molecule has 1 fully saturated rings. The minimum atomic E-state index is -0.562. The Hall–Kier alpha value is -2.48. The molecule has 1 saturated heterocycles. The standard InChI is InChI=1S/C21H23ClFN3O3/c1-13-12-26(9-10-29-13)18(19-16(22)3-2-4-17(19)23)11-25-21(28)15-7-5-14(6-8-15)20(24)27/h2-8,13,18H,9-12H2,1H3,(H2,24,27)(H,25,28). The Morgan fingerprint density at radius 1 is 1.28 bits per heavy atom. The van der Waals surface area contributed by atoms with Crippen molar-refractivity contribution < 1.29 is 18.7 Å². The third kappa shape index (κ3) is 5.12. The van der Waals surface area contributed by atoms with Crippen LogP contribution >= 0.6 is 11.6 Å². The first kappa shape index (κ1) is 21.2. The van der Waals surface area contributed by atoms with Crippen molar-refractivity contribution in [3.8, 4) is 0 Å². The van der Waals surface area contributed by atoms with E-state index in [0.717, 1.165) is 0 Å². The maximum atomic E-state index is 14.6. The number of nitrogens with zero attached hydrogens (tertiary/aromatic N) is 1. The summed E-state index contributed by atoms with van der Waals surface area (Å²) in [6.07, 6.45) is -0.00570. The third-order valence-corrected chi connectivity index (χ3v) is 5.26. The molecule has 0 spiro atoms. The van der Waals surface area contributed by atoms with E-state index < -0.39 is 17.8 Å². The first-order chi connectivity index (χ1) is 13.9. The molecule has 1 aliphatic heterocycles. The number of carbonyl (C=O) groups excluding carboxylic acids is 2. The second kappa shape index (κ2) is 9.35. The number of amides is 2. The summed E-state index contributed by atoms with van der Waals surface area (Å²) in [5.41, 5.74) is 6.27. The molecule has 2 aromatic carbocycles. The highest BCUT2D eigenvalue weighted by Gasteiger charge is 2.29. The van der Waals surface area contributed by atoms with E-state index in [9.17, 15) is 14.0 Å². The first-order valence-corrected chi connectivity index (χ1v) is 9.72. The van der Waals surface area contributed by atoms with E-state index in [2.05, 4.69) is 10.2 Å². The highest BCUT2D eigenvalue weighted by atomic mass is 35.5. The van der Waals surface area contributed by atoms with Crippen molar-refractivity contribution in [1.82, 2.24) is 10.2 Å². The van der Waals surface area contributed by atoms with Gasteiger partial charge in [-0.3, -0.25) is 14.5 Å². The maximum absolute atomic E-state index is 14.6. The summed E-state index contributed by atoms with van der Waals surface area (Å²) in [7, 11) is 0. The molecule has 0 saturated carbocycles. The number of rotatable bonds is 6. The molecule has 6 nitrogen and oxygen atoms in total. The van der Waals surface area contributed by atoms with Crippen molar-refractivity contribution in [3.63, 3.8) is 0 Å². The molecular formula is C21H23ClFN3O3. The quantitative estimate of drug-likeness (QED) is 0.754. The number of nitrogens with two attached hydrogens (primary N) is 1. The Labute approximate surface area is 173 Å². The molecule has 2 atom stereocenters. The van der Waals surface area contributed by atoms with Crippen LogP contribution in [0.2, 0.25) is 5.02 Å². The van der Waals surface area contributed by atoms with Crippen molar-refractivity contribution in [2.45, 2.75) is 19.1 Å². The zero-order chi connectivity index (χ0) is 21.0. The Kier molecular flexibility index (Phi) is 6.84. The normalized spacial score (nSPS) is 18.2. The van der Waals surface area contributed by atoms with Crippen molar-refractivity contribution >= 4 is 23.4 Å². The van der Waals surface area contributed by atoms with Crippen LogP contribution in [-0.2, 0) is 4.74 Å². The number of hydrogen-bond acceptors (Lipinski definition) is 4. The van der Waals surface area contributed by atoms with Crippen molar-refractivity contribution in [2.24, 2.45) is 5.73 Å². The molecular weight excluding hydrogens is 397 g/mol. The topological polar surface area (TPSA) is 84.7 Å². The summed E-state index contributed by atoms with van der Waals surface area (Å²) < 4.78 is 20.2. The third-order valence-electron chi connectivity index (χ3n) is 4.93. The highest BCUT2D eigenvalue weighted by Crippen LogP contribution is 2.31. The summed E-state index contributed by atoms with van der Waals surface area (Å²) >= 11 is 6.30. The van der Waals surface area contributed by atoms with E-state index >= 15 is 0 Å². The molecule has 0 aliphatic carbocycles. The lowest BCUT2D eigenvalue weighted by molar-refractivity contribution is -0.0346. The van der Waals surface area contributed by atoms with Crippen molar-refractivity contribution in [3.05, 3.63) is 70.0 Å². The molecule has 0 aromatic heterocycles. The van der Waals surface area contributed by atoms with Gasteiger partial charge in [0.25, 0.3) is 5.91 Å². The van der Waals surface area contributed by atoms with Gasteiger partial charge in [0, 0.05) is 41.3 Å². The van der Waals surface area contributed by atoms with Gasteiger partial charge in [-0.05, 0) is 43.3 Å². The zero-order valence-corrected chi connectivity index (χ0v) is 16.8. The predicted molar refractivity (Wildman–Crippen MR) is 108 cm³/mol. The molecule has 29 heavy (non-hydrogen) atoms.